The summed E-state index contributed by atoms with van der Waals surface area (Å²) in [5.74, 6) is -1.87. The van der Waals surface area contributed by atoms with E-state index < -0.39 is 91.9 Å². The van der Waals surface area contributed by atoms with Crippen LogP contribution in [0, 0.1) is 0 Å². The zero-order valence-electron chi connectivity index (χ0n) is 33.7. The molecule has 3 aliphatic heterocycles. The van der Waals surface area contributed by atoms with Gasteiger partial charge in [0, 0.05) is 39.7 Å². The van der Waals surface area contributed by atoms with Gasteiger partial charge in [0.1, 0.15) is 44.2 Å². The van der Waals surface area contributed by atoms with Crippen molar-refractivity contribution in [2.75, 3.05) is 86.3 Å². The molecule has 1 aromatic carbocycles. The van der Waals surface area contributed by atoms with Crippen molar-refractivity contribution in [3.8, 4) is 11.5 Å². The Morgan fingerprint density at radius 3 is 1.75 bits per heavy atom. The van der Waals surface area contributed by atoms with Gasteiger partial charge in [0.25, 0.3) is 0 Å². The molecule has 22 nitrogen and oxygen atoms in total. The number of azide groups is 1. The van der Waals surface area contributed by atoms with Crippen molar-refractivity contribution in [2.24, 2.45) is 5.11 Å². The van der Waals surface area contributed by atoms with Gasteiger partial charge in [0.2, 0.25) is 0 Å². The summed E-state index contributed by atoms with van der Waals surface area (Å²) in [6, 6.07) is 7.28. The number of ether oxygens (including phenoxy) is 15. The van der Waals surface area contributed by atoms with Crippen LogP contribution in [0.15, 0.2) is 29.4 Å². The van der Waals surface area contributed by atoms with E-state index in [1.54, 1.807) is 12.1 Å². The van der Waals surface area contributed by atoms with E-state index in [-0.39, 0.29) is 72.6 Å². The summed E-state index contributed by atoms with van der Waals surface area (Å²) in [5, 5.41) is 3.69. The molecule has 0 amide bonds. The Morgan fingerprint density at radius 1 is 0.661 bits per heavy atom. The number of rotatable bonds is 13. The van der Waals surface area contributed by atoms with Crippen LogP contribution in [0.1, 0.15) is 27.7 Å². The van der Waals surface area contributed by atoms with Crippen LogP contribution in [0.5, 0.6) is 11.5 Å². The van der Waals surface area contributed by atoms with Crippen molar-refractivity contribution in [1.29, 1.82) is 0 Å². The second-order valence-corrected chi connectivity index (χ2v) is 13.0. The topological polar surface area (TPSA) is 255 Å². The number of benzene rings is 1. The summed E-state index contributed by atoms with van der Waals surface area (Å²) in [6.45, 7) is 5.01. The number of methoxy groups -OCH3 is 1. The molecule has 0 aromatic heterocycles. The molecule has 3 heterocycles. The van der Waals surface area contributed by atoms with E-state index in [4.69, 9.17) is 76.6 Å². The Bertz CT molecular complexity index is 1530. The van der Waals surface area contributed by atoms with Gasteiger partial charge in [-0.3, -0.25) is 19.2 Å². The van der Waals surface area contributed by atoms with Crippen LogP contribution in [-0.4, -0.2) is 172 Å². The van der Waals surface area contributed by atoms with E-state index in [1.165, 1.54) is 14.0 Å². The first kappa shape index (κ1) is 47.3. The molecule has 2 saturated heterocycles. The molecule has 0 spiro atoms. The van der Waals surface area contributed by atoms with Gasteiger partial charge in [-0.25, -0.2) is 0 Å². The molecule has 0 N–H and O–H groups in total. The molecule has 59 heavy (non-hydrogen) atoms. The predicted molar refractivity (Wildman–Crippen MR) is 196 cm³/mol. The summed E-state index contributed by atoms with van der Waals surface area (Å²) in [6.07, 6.45) is -11.4. The minimum Gasteiger partial charge on any atom is -0.487 e. The van der Waals surface area contributed by atoms with E-state index in [1.807, 2.05) is 12.1 Å². The Balaban J connectivity index is 1.50. The van der Waals surface area contributed by atoms with Crippen molar-refractivity contribution in [3.05, 3.63) is 34.7 Å². The van der Waals surface area contributed by atoms with Crippen LogP contribution in [0.4, 0.5) is 0 Å². The molecule has 1 aromatic rings. The van der Waals surface area contributed by atoms with Crippen LogP contribution in [0.2, 0.25) is 0 Å². The highest BCUT2D eigenvalue weighted by molar-refractivity contribution is 5.68. The molecule has 3 aliphatic rings. The fraction of sp³-hybridized carbons (Fsp3) is 0.730. The first-order valence-corrected chi connectivity index (χ1v) is 19.0. The number of hydrogen-bond donors (Lipinski definition) is 0. The first-order valence-electron chi connectivity index (χ1n) is 19.0. The van der Waals surface area contributed by atoms with E-state index in [9.17, 15) is 19.2 Å². The average Bonchev–Trinajstić information content (AvgIpc) is 3.19. The molecule has 2 fully saturated rings. The van der Waals surface area contributed by atoms with Crippen molar-refractivity contribution in [3.63, 3.8) is 0 Å². The number of hydrogen-bond acceptors (Lipinski definition) is 20. The summed E-state index contributed by atoms with van der Waals surface area (Å²) in [7, 11) is 1.46. The zero-order valence-corrected chi connectivity index (χ0v) is 33.7. The van der Waals surface area contributed by atoms with Crippen molar-refractivity contribution >= 4 is 23.9 Å². The molecule has 0 bridgehead atoms. The lowest BCUT2D eigenvalue weighted by Crippen LogP contribution is -2.63. The minimum absolute atomic E-state index is 0.0721. The third-order valence-electron chi connectivity index (χ3n) is 8.68. The standard InChI is InChI=1S/C37H53N3O19/c1-22(41)54-21-29-31(55-23(2)42)33(56-24(3)43)35(57-25(4)44)37(59-29)53-19-18-52-36-34-32(30(45-5)28(58-36)20-39-40-38)50-16-12-46-10-14-48-26-8-6-7-9-27(26)49-15-11-47-13-17-51-34/h6-9,28-37H,10-21H2,1-5H3/t28-,29-,30-,31+,32+,33+,34-,35-,36-,37-/m1/s1. The first-order chi connectivity index (χ1) is 28.5. The van der Waals surface area contributed by atoms with Gasteiger partial charge < -0.3 is 71.1 Å². The molecule has 22 heteroatoms. The van der Waals surface area contributed by atoms with Crippen molar-refractivity contribution < 1.29 is 90.2 Å². The third-order valence-corrected chi connectivity index (χ3v) is 8.68. The number of carbonyl (C=O) groups excluding carboxylic acids is 4. The molecule has 0 unspecified atom stereocenters. The largest absolute Gasteiger partial charge is 0.487 e. The molecular formula is C37H53N3O19. The maximum absolute atomic E-state index is 12.2. The average molecular weight is 844 g/mol. The van der Waals surface area contributed by atoms with Gasteiger partial charge in [0.05, 0.1) is 65.5 Å². The fourth-order valence-corrected chi connectivity index (χ4v) is 6.38. The summed E-state index contributed by atoms with van der Waals surface area (Å²) < 4.78 is 87.5. The summed E-state index contributed by atoms with van der Waals surface area (Å²) in [5.41, 5.74) is 9.11. The van der Waals surface area contributed by atoms with Gasteiger partial charge in [-0.1, -0.05) is 17.2 Å². The van der Waals surface area contributed by atoms with E-state index in [2.05, 4.69) is 10.0 Å². The number of fused-ring (bicyclic) bond motifs is 2. The van der Waals surface area contributed by atoms with Gasteiger partial charge in [-0.15, -0.1) is 0 Å². The number of esters is 4. The third kappa shape index (κ3) is 15.3. The predicted octanol–water partition coefficient (Wildman–Crippen LogP) is 1.43. The van der Waals surface area contributed by atoms with Crippen LogP contribution >= 0.6 is 0 Å². The highest BCUT2D eigenvalue weighted by atomic mass is 16.8. The molecule has 0 aliphatic carbocycles. The lowest BCUT2D eigenvalue weighted by atomic mass is 9.98. The lowest BCUT2D eigenvalue weighted by molar-refractivity contribution is -0.326. The number of para-hydroxylation sites is 2. The van der Waals surface area contributed by atoms with Crippen LogP contribution in [0.3, 0.4) is 0 Å². The molecule has 0 saturated carbocycles. The van der Waals surface area contributed by atoms with Gasteiger partial charge >= 0.3 is 23.9 Å². The van der Waals surface area contributed by atoms with E-state index >= 15 is 0 Å². The maximum Gasteiger partial charge on any atom is 0.303 e. The SMILES string of the molecule is CO[C@H]1[C@@H]2OCCOCCOc3ccccc3OCCOCCO[C@H]2[C@H](OCCO[C@@H]2O[C@H](COC(C)=O)[C@H](OC(C)=O)[C@H](OC(C)=O)[C@H]2OC(C)=O)O[C@@H]1CN=[N+]=[N-]. The Hall–Kier alpha value is -4.35. The number of nitrogens with zero attached hydrogens (tertiary/aromatic N) is 3. The minimum atomic E-state index is -1.44. The molecular weight excluding hydrogens is 790 g/mol. The molecule has 10 atom stereocenters. The fourth-order valence-electron chi connectivity index (χ4n) is 6.38. The van der Waals surface area contributed by atoms with E-state index in [0.717, 1.165) is 20.8 Å². The molecule has 4 rings (SSSR count). The van der Waals surface area contributed by atoms with Gasteiger partial charge in [-0.05, 0) is 17.7 Å². The smallest absolute Gasteiger partial charge is 0.303 e. The Labute approximate surface area is 340 Å². The van der Waals surface area contributed by atoms with Crippen molar-refractivity contribution in [2.45, 2.75) is 89.1 Å². The lowest BCUT2D eigenvalue weighted by Gasteiger charge is -2.45. The highest BCUT2D eigenvalue weighted by Crippen LogP contribution is 2.32. The quantitative estimate of drug-likeness (QED) is 0.0679. The van der Waals surface area contributed by atoms with Gasteiger partial charge in [0.15, 0.2) is 42.4 Å². The zero-order chi connectivity index (χ0) is 42.6. The maximum atomic E-state index is 12.2. The summed E-state index contributed by atoms with van der Waals surface area (Å²) in [4.78, 5) is 51.1. The second-order valence-electron chi connectivity index (χ2n) is 13.0. The van der Waals surface area contributed by atoms with Crippen LogP contribution < -0.4 is 9.47 Å². The molecule has 0 radical (unpaired) electrons. The number of carbonyl (C=O) groups is 4. The monoisotopic (exact) mass is 843 g/mol. The van der Waals surface area contributed by atoms with Crippen LogP contribution in [-0.2, 0) is 80.8 Å². The second kappa shape index (κ2) is 25.3. The normalized spacial score (nSPS) is 29.5. The Morgan fingerprint density at radius 2 is 1.19 bits per heavy atom. The van der Waals surface area contributed by atoms with Crippen molar-refractivity contribution in [1.82, 2.24) is 0 Å². The molecule has 330 valence electrons. The van der Waals surface area contributed by atoms with Crippen LogP contribution in [0.25, 0.3) is 10.4 Å². The van der Waals surface area contributed by atoms with E-state index in [0.29, 0.717) is 11.5 Å². The Kier molecular flexibility index (Phi) is 20.3. The van der Waals surface area contributed by atoms with Gasteiger partial charge in [-0.2, -0.15) is 0 Å². The summed E-state index contributed by atoms with van der Waals surface area (Å²) >= 11 is 0. The highest BCUT2D eigenvalue weighted by Gasteiger charge is 2.53.